The topological polar surface area (TPSA) is 24.9 Å². The Labute approximate surface area is 102 Å². The summed E-state index contributed by atoms with van der Waals surface area (Å²) in [5.41, 5.74) is 1.41. The highest BCUT2D eigenvalue weighted by molar-refractivity contribution is 6.29. The van der Waals surface area contributed by atoms with E-state index >= 15 is 0 Å². The maximum Gasteiger partial charge on any atom is 0.160 e. The van der Waals surface area contributed by atoms with Crippen molar-refractivity contribution in [1.82, 2.24) is 4.98 Å². The van der Waals surface area contributed by atoms with Gasteiger partial charge in [-0.2, -0.15) is 0 Å². The molecule has 0 bridgehead atoms. The Hall–Kier alpha value is -1.68. The molecule has 0 amide bonds. The molecule has 1 aromatic heterocycles. The molecule has 1 N–H and O–H groups in total. The molecule has 17 heavy (non-hydrogen) atoms. The predicted molar refractivity (Wildman–Crippen MR) is 62.9 cm³/mol. The van der Waals surface area contributed by atoms with Crippen LogP contribution in [0.4, 0.5) is 14.5 Å². The average molecular weight is 255 g/mol. The van der Waals surface area contributed by atoms with Gasteiger partial charge in [0.25, 0.3) is 0 Å². The van der Waals surface area contributed by atoms with Crippen LogP contribution in [0.1, 0.15) is 5.56 Å². The van der Waals surface area contributed by atoms with Crippen molar-refractivity contribution in [1.29, 1.82) is 0 Å². The number of nitrogens with zero attached hydrogens (tertiary/aromatic N) is 1. The lowest BCUT2D eigenvalue weighted by molar-refractivity contribution is 0.509. The third-order valence-corrected chi connectivity index (χ3v) is 2.43. The molecule has 0 fully saturated rings. The van der Waals surface area contributed by atoms with Crippen molar-refractivity contribution < 1.29 is 8.78 Å². The molecule has 0 radical (unpaired) electrons. The zero-order valence-corrected chi connectivity index (χ0v) is 9.51. The van der Waals surface area contributed by atoms with Crippen molar-refractivity contribution >= 4 is 17.3 Å². The number of halogens is 3. The van der Waals surface area contributed by atoms with E-state index in [-0.39, 0.29) is 0 Å². The highest BCUT2D eigenvalue weighted by atomic mass is 35.5. The van der Waals surface area contributed by atoms with E-state index in [9.17, 15) is 8.78 Å². The molecule has 0 aliphatic heterocycles. The van der Waals surface area contributed by atoms with E-state index in [0.717, 1.165) is 17.7 Å². The Morgan fingerprint density at radius 1 is 1.12 bits per heavy atom. The Balaban J connectivity index is 2.02. The number of nitrogens with one attached hydrogen (secondary N) is 1. The first-order chi connectivity index (χ1) is 8.15. The van der Waals surface area contributed by atoms with E-state index < -0.39 is 11.6 Å². The van der Waals surface area contributed by atoms with Crippen molar-refractivity contribution in [2.24, 2.45) is 0 Å². The van der Waals surface area contributed by atoms with Gasteiger partial charge in [-0.15, -0.1) is 0 Å². The normalized spacial score (nSPS) is 10.3. The average Bonchev–Trinajstić information content (AvgIpc) is 2.33. The number of anilines is 1. The molecule has 2 aromatic rings. The van der Waals surface area contributed by atoms with Crippen LogP contribution in [0.3, 0.4) is 0 Å². The molecule has 0 saturated heterocycles. The number of hydrogen-bond acceptors (Lipinski definition) is 2. The first-order valence-corrected chi connectivity index (χ1v) is 5.32. The van der Waals surface area contributed by atoms with Gasteiger partial charge in [0.15, 0.2) is 11.6 Å². The first kappa shape index (κ1) is 11.8. The molecule has 0 spiro atoms. The quantitative estimate of drug-likeness (QED) is 0.846. The Morgan fingerprint density at radius 3 is 2.59 bits per heavy atom. The summed E-state index contributed by atoms with van der Waals surface area (Å²) >= 11 is 5.64. The summed E-state index contributed by atoms with van der Waals surface area (Å²) in [6, 6.07) is 7.14. The summed E-state index contributed by atoms with van der Waals surface area (Å²) in [7, 11) is 0. The van der Waals surface area contributed by atoms with E-state index in [1.165, 1.54) is 6.07 Å². The van der Waals surface area contributed by atoms with E-state index in [0.29, 0.717) is 17.4 Å². The molecule has 0 atom stereocenters. The molecule has 5 heteroatoms. The number of pyridine rings is 1. The van der Waals surface area contributed by atoms with Crippen molar-refractivity contribution in [3.8, 4) is 0 Å². The molecular formula is C12H9ClF2N2. The molecule has 88 valence electrons. The third kappa shape index (κ3) is 3.14. The van der Waals surface area contributed by atoms with Crippen LogP contribution in [-0.4, -0.2) is 4.98 Å². The van der Waals surface area contributed by atoms with Gasteiger partial charge in [0.05, 0.1) is 0 Å². The Kier molecular flexibility index (Phi) is 3.54. The summed E-state index contributed by atoms with van der Waals surface area (Å²) < 4.78 is 25.6. The fourth-order valence-corrected chi connectivity index (χ4v) is 1.43. The zero-order chi connectivity index (χ0) is 12.3. The third-order valence-electron chi connectivity index (χ3n) is 2.20. The van der Waals surface area contributed by atoms with Gasteiger partial charge in [-0.3, -0.25) is 0 Å². The van der Waals surface area contributed by atoms with E-state index in [1.54, 1.807) is 12.3 Å². The fourth-order valence-electron chi connectivity index (χ4n) is 1.32. The minimum absolute atomic E-state index is 0.418. The van der Waals surface area contributed by atoms with Gasteiger partial charge in [0, 0.05) is 24.5 Å². The Bertz CT molecular complexity index is 514. The van der Waals surface area contributed by atoms with E-state index in [1.807, 2.05) is 6.07 Å². The van der Waals surface area contributed by atoms with Crippen molar-refractivity contribution in [3.63, 3.8) is 0 Å². The van der Waals surface area contributed by atoms with Gasteiger partial charge in [0.1, 0.15) is 5.15 Å². The smallest absolute Gasteiger partial charge is 0.160 e. The molecular weight excluding hydrogens is 246 g/mol. The highest BCUT2D eigenvalue weighted by Crippen LogP contribution is 2.14. The molecule has 0 unspecified atom stereocenters. The van der Waals surface area contributed by atoms with Crippen molar-refractivity contribution in [2.75, 3.05) is 5.32 Å². The van der Waals surface area contributed by atoms with Gasteiger partial charge in [0.2, 0.25) is 0 Å². The zero-order valence-electron chi connectivity index (χ0n) is 8.75. The lowest BCUT2D eigenvalue weighted by Crippen LogP contribution is -2.00. The molecule has 0 saturated carbocycles. The van der Waals surface area contributed by atoms with Gasteiger partial charge in [-0.25, -0.2) is 13.8 Å². The molecule has 1 heterocycles. The summed E-state index contributed by atoms with van der Waals surface area (Å²) in [6.45, 7) is 0.468. The number of aromatic nitrogens is 1. The molecule has 2 nitrogen and oxygen atoms in total. The molecule has 1 aromatic carbocycles. The second-order valence-electron chi connectivity index (χ2n) is 3.47. The maximum atomic E-state index is 12.9. The minimum atomic E-state index is -0.871. The second-order valence-corrected chi connectivity index (χ2v) is 3.86. The van der Waals surface area contributed by atoms with Crippen LogP contribution >= 0.6 is 11.6 Å². The number of rotatable bonds is 3. The molecule has 0 aliphatic rings. The van der Waals surface area contributed by atoms with Crippen molar-refractivity contribution in [3.05, 3.63) is 58.9 Å². The van der Waals surface area contributed by atoms with Crippen LogP contribution < -0.4 is 5.32 Å². The van der Waals surface area contributed by atoms with Crippen LogP contribution in [0.5, 0.6) is 0 Å². The summed E-state index contributed by atoms with van der Waals surface area (Å²) in [4.78, 5) is 3.91. The van der Waals surface area contributed by atoms with Gasteiger partial charge < -0.3 is 5.32 Å². The van der Waals surface area contributed by atoms with Crippen molar-refractivity contribution in [2.45, 2.75) is 6.54 Å². The minimum Gasteiger partial charge on any atom is -0.381 e. The summed E-state index contributed by atoms with van der Waals surface area (Å²) in [5.74, 6) is -1.73. The van der Waals surface area contributed by atoms with E-state index in [2.05, 4.69) is 10.3 Å². The van der Waals surface area contributed by atoms with Crippen LogP contribution in [0.15, 0.2) is 36.5 Å². The van der Waals surface area contributed by atoms with E-state index in [4.69, 9.17) is 11.6 Å². The van der Waals surface area contributed by atoms with Gasteiger partial charge in [-0.1, -0.05) is 17.7 Å². The SMILES string of the molecule is Fc1ccc(NCc2ccc(Cl)nc2)cc1F. The largest absolute Gasteiger partial charge is 0.381 e. The number of hydrogen-bond donors (Lipinski definition) is 1. The van der Waals surface area contributed by atoms with Crippen LogP contribution in [0, 0.1) is 11.6 Å². The summed E-state index contributed by atoms with van der Waals surface area (Å²) in [6.07, 6.45) is 1.62. The fraction of sp³-hybridized carbons (Fsp3) is 0.0833. The first-order valence-electron chi connectivity index (χ1n) is 4.94. The van der Waals surface area contributed by atoms with Crippen LogP contribution in [0.25, 0.3) is 0 Å². The highest BCUT2D eigenvalue weighted by Gasteiger charge is 2.02. The standard InChI is InChI=1S/C12H9ClF2N2/c13-12-4-1-8(7-17-12)6-16-9-2-3-10(14)11(15)5-9/h1-5,7,16H,6H2. The van der Waals surface area contributed by atoms with Crippen LogP contribution in [-0.2, 0) is 6.54 Å². The summed E-state index contributed by atoms with van der Waals surface area (Å²) in [5, 5.41) is 3.38. The lowest BCUT2D eigenvalue weighted by atomic mass is 10.2. The van der Waals surface area contributed by atoms with Gasteiger partial charge >= 0.3 is 0 Å². The monoisotopic (exact) mass is 254 g/mol. The van der Waals surface area contributed by atoms with Crippen LogP contribution in [0.2, 0.25) is 5.15 Å². The predicted octanol–water partition coefficient (Wildman–Crippen LogP) is 3.63. The van der Waals surface area contributed by atoms with Gasteiger partial charge in [-0.05, 0) is 23.8 Å². The molecule has 0 aliphatic carbocycles. The molecule has 2 rings (SSSR count). The maximum absolute atomic E-state index is 12.9. The Morgan fingerprint density at radius 2 is 1.94 bits per heavy atom. The lowest BCUT2D eigenvalue weighted by Gasteiger charge is -2.06. The second kappa shape index (κ2) is 5.10. The number of benzene rings is 1.